The molecule has 2 atom stereocenters. The van der Waals surface area contributed by atoms with E-state index in [2.05, 4.69) is 21.3 Å². The summed E-state index contributed by atoms with van der Waals surface area (Å²) in [6.45, 7) is 3.06. The maximum atomic E-state index is 13.6. The summed E-state index contributed by atoms with van der Waals surface area (Å²) in [5, 5.41) is 12.4. The highest BCUT2D eigenvalue weighted by Gasteiger charge is 2.39. The lowest BCUT2D eigenvalue weighted by Gasteiger charge is -2.34. The standard InChI is InChI=1S/C31H31ClFN5O3/c32-25-4-2-22(3-5-25)28-20-38(19-24(28)11-14-35-31(40)41-27-8-6-26(33)7-9-27)30(39)23-12-15-37(16-13-23)29-10-1-21(17-34)18-36-29/h1-10,18,23-24,28H,11-16,19-20H2,(H,35,40)/t24-,28+/m0/s1. The Bertz CT molecular complexity index is 1390. The number of likely N-dealkylation sites (tertiary alicyclic amines) is 1. The van der Waals surface area contributed by atoms with Crippen LogP contribution in [-0.4, -0.2) is 54.6 Å². The van der Waals surface area contributed by atoms with Crippen molar-refractivity contribution in [2.45, 2.75) is 25.2 Å². The summed E-state index contributed by atoms with van der Waals surface area (Å²) < 4.78 is 18.3. The molecule has 3 aromatic rings. The molecule has 2 aromatic carbocycles. The van der Waals surface area contributed by atoms with Crippen LogP contribution in [0.1, 0.15) is 36.3 Å². The molecule has 10 heteroatoms. The number of hydrogen-bond acceptors (Lipinski definition) is 6. The topological polar surface area (TPSA) is 98.6 Å². The second-order valence-corrected chi connectivity index (χ2v) is 10.9. The summed E-state index contributed by atoms with van der Waals surface area (Å²) in [6, 6.07) is 18.7. The van der Waals surface area contributed by atoms with Crippen LogP contribution >= 0.6 is 11.6 Å². The average molecular weight is 576 g/mol. The molecule has 41 heavy (non-hydrogen) atoms. The van der Waals surface area contributed by atoms with Crippen molar-refractivity contribution in [3.63, 3.8) is 0 Å². The number of rotatable bonds is 7. The number of halogens is 2. The molecule has 5 rings (SSSR count). The lowest BCUT2D eigenvalue weighted by molar-refractivity contribution is -0.135. The largest absolute Gasteiger partial charge is 0.412 e. The first-order chi connectivity index (χ1) is 19.9. The van der Waals surface area contributed by atoms with Crippen molar-refractivity contribution >= 4 is 29.4 Å². The molecule has 2 aliphatic rings. The monoisotopic (exact) mass is 575 g/mol. The Balaban J connectivity index is 1.18. The smallest absolute Gasteiger partial charge is 0.410 e. The van der Waals surface area contributed by atoms with Crippen LogP contribution < -0.4 is 15.0 Å². The van der Waals surface area contributed by atoms with Crippen LogP contribution in [0.25, 0.3) is 0 Å². The van der Waals surface area contributed by atoms with Gasteiger partial charge in [0.1, 0.15) is 23.5 Å². The second kappa shape index (κ2) is 13.0. The van der Waals surface area contributed by atoms with Gasteiger partial charge in [0.15, 0.2) is 0 Å². The van der Waals surface area contributed by atoms with Gasteiger partial charge in [-0.1, -0.05) is 23.7 Å². The van der Waals surface area contributed by atoms with Crippen LogP contribution in [0.5, 0.6) is 5.75 Å². The predicted molar refractivity (Wildman–Crippen MR) is 153 cm³/mol. The lowest BCUT2D eigenvalue weighted by atomic mass is 9.87. The number of nitriles is 1. The fourth-order valence-electron chi connectivity index (χ4n) is 5.69. The molecule has 1 aromatic heterocycles. The summed E-state index contributed by atoms with van der Waals surface area (Å²) in [4.78, 5) is 34.4. The fraction of sp³-hybridized carbons (Fsp3) is 0.355. The summed E-state index contributed by atoms with van der Waals surface area (Å²) in [7, 11) is 0. The number of nitrogens with zero attached hydrogens (tertiary/aromatic N) is 4. The van der Waals surface area contributed by atoms with Crippen molar-refractivity contribution in [1.29, 1.82) is 5.26 Å². The number of benzene rings is 2. The molecule has 0 spiro atoms. The molecule has 2 amide bonds. The zero-order valence-corrected chi connectivity index (χ0v) is 23.3. The SMILES string of the molecule is N#Cc1ccc(N2CCC(C(=O)N3C[C@H](CCNC(=O)Oc4ccc(F)cc4)[C@@H](c4ccc(Cl)cc4)C3)CC2)nc1. The molecule has 212 valence electrons. The van der Waals surface area contributed by atoms with Gasteiger partial charge in [-0.15, -0.1) is 0 Å². The minimum absolute atomic E-state index is 0.0574. The van der Waals surface area contributed by atoms with E-state index in [-0.39, 0.29) is 29.4 Å². The van der Waals surface area contributed by atoms with E-state index in [4.69, 9.17) is 21.6 Å². The van der Waals surface area contributed by atoms with Crippen molar-refractivity contribution < 1.29 is 18.7 Å². The Morgan fingerprint density at radius 3 is 2.44 bits per heavy atom. The number of hydrogen-bond donors (Lipinski definition) is 1. The summed E-state index contributed by atoms with van der Waals surface area (Å²) >= 11 is 6.13. The maximum absolute atomic E-state index is 13.6. The van der Waals surface area contributed by atoms with E-state index in [1.807, 2.05) is 35.2 Å². The molecule has 2 fully saturated rings. The zero-order valence-electron chi connectivity index (χ0n) is 22.5. The highest BCUT2D eigenvalue weighted by Crippen LogP contribution is 2.37. The number of piperidine rings is 1. The summed E-state index contributed by atoms with van der Waals surface area (Å²) in [5.41, 5.74) is 1.64. The normalized spacial score (nSPS) is 19.0. The quantitative estimate of drug-likeness (QED) is 0.406. The van der Waals surface area contributed by atoms with Gasteiger partial charge in [-0.25, -0.2) is 14.2 Å². The van der Waals surface area contributed by atoms with E-state index in [0.717, 1.165) is 37.3 Å². The molecule has 2 aliphatic heterocycles. The first-order valence-corrected chi connectivity index (χ1v) is 14.1. The van der Waals surface area contributed by atoms with Gasteiger partial charge < -0.3 is 19.9 Å². The Morgan fingerprint density at radius 1 is 1.05 bits per heavy atom. The van der Waals surface area contributed by atoms with Gasteiger partial charge in [0.2, 0.25) is 5.91 Å². The van der Waals surface area contributed by atoms with Gasteiger partial charge >= 0.3 is 6.09 Å². The first kappa shape index (κ1) is 28.4. The number of nitrogens with one attached hydrogen (secondary N) is 1. The van der Waals surface area contributed by atoms with Crippen LogP contribution in [-0.2, 0) is 4.79 Å². The Kier molecular flexibility index (Phi) is 9.00. The number of carbonyl (C=O) groups is 2. The average Bonchev–Trinajstić information content (AvgIpc) is 3.42. The number of amides is 2. The molecular formula is C31H31ClFN5O3. The fourth-order valence-corrected chi connectivity index (χ4v) is 5.82. The van der Waals surface area contributed by atoms with Crippen LogP contribution in [0.3, 0.4) is 0 Å². The van der Waals surface area contributed by atoms with E-state index in [9.17, 15) is 14.0 Å². The minimum atomic E-state index is -0.603. The molecular weight excluding hydrogens is 545 g/mol. The molecule has 1 N–H and O–H groups in total. The van der Waals surface area contributed by atoms with Gasteiger partial charge in [-0.3, -0.25) is 4.79 Å². The molecule has 0 saturated carbocycles. The number of pyridine rings is 1. The lowest BCUT2D eigenvalue weighted by Crippen LogP contribution is -2.42. The molecule has 0 bridgehead atoms. The summed E-state index contributed by atoms with van der Waals surface area (Å²) in [6.07, 6.45) is 3.12. The van der Waals surface area contributed by atoms with E-state index >= 15 is 0 Å². The molecule has 0 radical (unpaired) electrons. The number of anilines is 1. The molecule has 3 heterocycles. The predicted octanol–water partition coefficient (Wildman–Crippen LogP) is 5.38. The number of aromatic nitrogens is 1. The molecule has 2 saturated heterocycles. The van der Waals surface area contributed by atoms with Crippen molar-refractivity contribution in [3.05, 3.63) is 88.8 Å². The highest BCUT2D eigenvalue weighted by molar-refractivity contribution is 6.30. The minimum Gasteiger partial charge on any atom is -0.410 e. The van der Waals surface area contributed by atoms with Crippen LogP contribution in [0.15, 0.2) is 66.9 Å². The van der Waals surface area contributed by atoms with E-state index < -0.39 is 11.9 Å². The molecule has 0 aliphatic carbocycles. The van der Waals surface area contributed by atoms with Crippen molar-refractivity contribution in [2.75, 3.05) is 37.6 Å². The van der Waals surface area contributed by atoms with Crippen molar-refractivity contribution in [3.8, 4) is 11.8 Å². The Labute approximate surface area is 243 Å². The van der Waals surface area contributed by atoms with E-state index in [1.165, 1.54) is 24.3 Å². The Hall–Kier alpha value is -4.16. The van der Waals surface area contributed by atoms with Crippen LogP contribution in [0.2, 0.25) is 5.02 Å². The van der Waals surface area contributed by atoms with Crippen molar-refractivity contribution in [2.24, 2.45) is 11.8 Å². The van der Waals surface area contributed by atoms with Crippen LogP contribution in [0, 0.1) is 29.0 Å². The van der Waals surface area contributed by atoms with E-state index in [1.54, 1.807) is 12.3 Å². The molecule has 8 nitrogen and oxygen atoms in total. The Morgan fingerprint density at radius 2 is 1.78 bits per heavy atom. The van der Waals surface area contributed by atoms with Gasteiger partial charge in [0, 0.05) is 55.8 Å². The van der Waals surface area contributed by atoms with Gasteiger partial charge in [0.25, 0.3) is 0 Å². The highest BCUT2D eigenvalue weighted by atomic mass is 35.5. The van der Waals surface area contributed by atoms with Gasteiger partial charge in [-0.2, -0.15) is 5.26 Å². The molecule has 0 unspecified atom stereocenters. The third-order valence-corrected chi connectivity index (χ3v) is 8.16. The number of ether oxygens (including phenoxy) is 1. The maximum Gasteiger partial charge on any atom is 0.412 e. The van der Waals surface area contributed by atoms with E-state index in [0.29, 0.717) is 36.6 Å². The first-order valence-electron chi connectivity index (χ1n) is 13.8. The third-order valence-electron chi connectivity index (χ3n) is 7.90. The van der Waals surface area contributed by atoms with Crippen molar-refractivity contribution in [1.82, 2.24) is 15.2 Å². The summed E-state index contributed by atoms with van der Waals surface area (Å²) in [5.74, 6) is 1.06. The van der Waals surface area contributed by atoms with Crippen LogP contribution in [0.4, 0.5) is 15.0 Å². The van der Waals surface area contributed by atoms with Gasteiger partial charge in [-0.05, 0) is 79.3 Å². The second-order valence-electron chi connectivity index (χ2n) is 10.5. The third kappa shape index (κ3) is 7.14. The number of carbonyl (C=O) groups excluding carboxylic acids is 2. The zero-order chi connectivity index (χ0) is 28.8. The van der Waals surface area contributed by atoms with Gasteiger partial charge in [0.05, 0.1) is 5.56 Å².